The van der Waals surface area contributed by atoms with Crippen LogP contribution in [0.4, 0.5) is 5.00 Å². The van der Waals surface area contributed by atoms with Crippen LogP contribution in [0.15, 0.2) is 0 Å². The lowest BCUT2D eigenvalue weighted by molar-refractivity contribution is 0.281. The third kappa shape index (κ3) is 2.31. The van der Waals surface area contributed by atoms with Gasteiger partial charge in [0.2, 0.25) is 0 Å². The van der Waals surface area contributed by atoms with Crippen LogP contribution in [0.1, 0.15) is 12.5 Å². The number of hydrogen-bond acceptors (Lipinski definition) is 5. The van der Waals surface area contributed by atoms with Crippen molar-refractivity contribution in [2.24, 2.45) is 0 Å². The largest absolute Gasteiger partial charge is 0.394 e. The first kappa shape index (κ1) is 10.3. The summed E-state index contributed by atoms with van der Waals surface area (Å²) in [6, 6.07) is 1.84. The maximum absolute atomic E-state index is 8.77. The van der Waals surface area contributed by atoms with Crippen LogP contribution in [0, 0.1) is 11.3 Å². The molecule has 1 atom stereocenters. The van der Waals surface area contributed by atoms with Crippen molar-refractivity contribution in [2.45, 2.75) is 13.0 Å². The number of aliphatic hydroxyl groups is 1. The SMILES string of the molecule is C[C@@H](CO)Nc1snc(Cl)c1C#N. The first-order valence-corrected chi connectivity index (χ1v) is 4.76. The van der Waals surface area contributed by atoms with E-state index in [0.29, 0.717) is 10.6 Å². The van der Waals surface area contributed by atoms with E-state index >= 15 is 0 Å². The van der Waals surface area contributed by atoms with E-state index < -0.39 is 0 Å². The average Bonchev–Trinajstić information content (AvgIpc) is 2.46. The van der Waals surface area contributed by atoms with Gasteiger partial charge >= 0.3 is 0 Å². The minimum atomic E-state index is -0.108. The van der Waals surface area contributed by atoms with E-state index in [2.05, 4.69) is 9.69 Å². The molecule has 0 spiro atoms. The highest BCUT2D eigenvalue weighted by Gasteiger charge is 2.12. The summed E-state index contributed by atoms with van der Waals surface area (Å²) >= 11 is 6.76. The van der Waals surface area contributed by atoms with Gasteiger partial charge in [-0.15, -0.1) is 0 Å². The number of nitriles is 1. The fourth-order valence-corrected chi connectivity index (χ4v) is 1.78. The van der Waals surface area contributed by atoms with Gasteiger partial charge in [-0.25, -0.2) is 0 Å². The van der Waals surface area contributed by atoms with Gasteiger partial charge in [-0.2, -0.15) is 9.64 Å². The molecule has 0 fully saturated rings. The molecule has 70 valence electrons. The van der Waals surface area contributed by atoms with Gasteiger partial charge in [-0.05, 0) is 18.5 Å². The normalized spacial score (nSPS) is 12.2. The lowest BCUT2D eigenvalue weighted by atomic mass is 10.3. The third-order valence-corrected chi connectivity index (χ3v) is 2.57. The Labute approximate surface area is 84.9 Å². The molecule has 0 saturated carbocycles. The molecule has 4 nitrogen and oxygen atoms in total. The van der Waals surface area contributed by atoms with Crippen molar-refractivity contribution in [1.29, 1.82) is 5.26 Å². The summed E-state index contributed by atoms with van der Waals surface area (Å²) in [5.41, 5.74) is 0.340. The van der Waals surface area contributed by atoms with Crippen LogP contribution in [-0.4, -0.2) is 22.1 Å². The minimum Gasteiger partial charge on any atom is -0.394 e. The Hall–Kier alpha value is -0.830. The summed E-state index contributed by atoms with van der Waals surface area (Å²) in [6.45, 7) is 1.80. The summed E-state index contributed by atoms with van der Waals surface area (Å²) in [7, 11) is 0. The van der Waals surface area contributed by atoms with E-state index in [1.807, 2.05) is 6.07 Å². The summed E-state index contributed by atoms with van der Waals surface area (Å²) < 4.78 is 3.82. The molecule has 0 aliphatic rings. The van der Waals surface area contributed by atoms with Crippen LogP contribution < -0.4 is 5.32 Å². The van der Waals surface area contributed by atoms with Gasteiger partial charge in [0.25, 0.3) is 0 Å². The summed E-state index contributed by atoms with van der Waals surface area (Å²) in [4.78, 5) is 0. The van der Waals surface area contributed by atoms with E-state index in [-0.39, 0.29) is 17.8 Å². The van der Waals surface area contributed by atoms with E-state index in [1.165, 1.54) is 0 Å². The van der Waals surface area contributed by atoms with Crippen LogP contribution in [0.3, 0.4) is 0 Å². The van der Waals surface area contributed by atoms with Gasteiger partial charge in [0.15, 0.2) is 5.15 Å². The zero-order valence-electron chi connectivity index (χ0n) is 6.91. The second kappa shape index (κ2) is 4.42. The highest BCUT2D eigenvalue weighted by atomic mass is 35.5. The molecule has 0 radical (unpaired) electrons. The van der Waals surface area contributed by atoms with Crippen molar-refractivity contribution in [3.63, 3.8) is 0 Å². The molecule has 0 aromatic carbocycles. The molecule has 0 aliphatic heterocycles. The van der Waals surface area contributed by atoms with Gasteiger partial charge in [0.1, 0.15) is 16.6 Å². The second-order valence-electron chi connectivity index (χ2n) is 2.52. The quantitative estimate of drug-likeness (QED) is 0.805. The standard InChI is InChI=1S/C7H8ClN3OS/c1-4(3-12)10-7-5(2-9)6(8)11-13-7/h4,10,12H,3H2,1H3/t4-/m0/s1. The number of aliphatic hydroxyl groups excluding tert-OH is 1. The molecule has 0 aliphatic carbocycles. The maximum Gasteiger partial charge on any atom is 0.162 e. The monoisotopic (exact) mass is 217 g/mol. The summed E-state index contributed by atoms with van der Waals surface area (Å²) in [6.07, 6.45) is 0. The summed E-state index contributed by atoms with van der Waals surface area (Å²) in [5, 5.41) is 21.2. The van der Waals surface area contributed by atoms with Crippen LogP contribution in [0.25, 0.3) is 0 Å². The van der Waals surface area contributed by atoms with Gasteiger partial charge in [-0.1, -0.05) is 11.6 Å². The average molecular weight is 218 g/mol. The molecular formula is C7H8ClN3OS. The highest BCUT2D eigenvalue weighted by Crippen LogP contribution is 2.27. The number of rotatable bonds is 3. The molecule has 1 heterocycles. The number of anilines is 1. The van der Waals surface area contributed by atoms with E-state index in [1.54, 1.807) is 6.92 Å². The van der Waals surface area contributed by atoms with Crippen molar-refractivity contribution in [2.75, 3.05) is 11.9 Å². The second-order valence-corrected chi connectivity index (χ2v) is 3.65. The number of halogens is 1. The van der Waals surface area contributed by atoms with Crippen molar-refractivity contribution in [3.8, 4) is 6.07 Å². The maximum atomic E-state index is 8.77. The zero-order valence-corrected chi connectivity index (χ0v) is 8.48. The number of hydrogen-bond donors (Lipinski definition) is 2. The number of nitrogens with zero attached hydrogens (tertiary/aromatic N) is 2. The van der Waals surface area contributed by atoms with E-state index in [0.717, 1.165) is 11.5 Å². The van der Waals surface area contributed by atoms with Crippen molar-refractivity contribution in [3.05, 3.63) is 10.7 Å². The highest BCUT2D eigenvalue weighted by molar-refractivity contribution is 7.10. The Morgan fingerprint density at radius 2 is 2.54 bits per heavy atom. The van der Waals surface area contributed by atoms with E-state index in [4.69, 9.17) is 22.0 Å². The number of aromatic nitrogens is 1. The molecular weight excluding hydrogens is 210 g/mol. The topological polar surface area (TPSA) is 68.9 Å². The molecule has 1 rings (SSSR count). The Morgan fingerprint density at radius 3 is 3.08 bits per heavy atom. The van der Waals surface area contributed by atoms with Crippen molar-refractivity contribution >= 4 is 28.1 Å². The fourth-order valence-electron chi connectivity index (χ4n) is 0.736. The van der Waals surface area contributed by atoms with Crippen molar-refractivity contribution in [1.82, 2.24) is 4.37 Å². The Kier molecular flexibility index (Phi) is 3.48. The zero-order chi connectivity index (χ0) is 9.84. The smallest absolute Gasteiger partial charge is 0.162 e. The van der Waals surface area contributed by atoms with Crippen LogP contribution >= 0.6 is 23.1 Å². The Morgan fingerprint density at radius 1 is 1.85 bits per heavy atom. The van der Waals surface area contributed by atoms with Gasteiger partial charge in [0, 0.05) is 6.04 Å². The first-order valence-electron chi connectivity index (χ1n) is 3.61. The molecule has 0 saturated heterocycles. The molecule has 0 amide bonds. The Balaban J connectivity index is 2.84. The predicted molar refractivity (Wildman–Crippen MR) is 52.0 cm³/mol. The fraction of sp³-hybridized carbons (Fsp3) is 0.429. The van der Waals surface area contributed by atoms with Crippen LogP contribution in [0.5, 0.6) is 0 Å². The molecule has 0 unspecified atom stereocenters. The third-order valence-electron chi connectivity index (χ3n) is 1.41. The molecule has 0 bridgehead atoms. The van der Waals surface area contributed by atoms with Gasteiger partial charge in [0.05, 0.1) is 6.61 Å². The van der Waals surface area contributed by atoms with Crippen LogP contribution in [-0.2, 0) is 0 Å². The van der Waals surface area contributed by atoms with E-state index in [9.17, 15) is 0 Å². The molecule has 2 N–H and O–H groups in total. The predicted octanol–water partition coefficient (Wildman–Crippen LogP) is 1.46. The first-order chi connectivity index (χ1) is 6.19. The lowest BCUT2D eigenvalue weighted by Crippen LogP contribution is -2.18. The molecule has 6 heteroatoms. The van der Waals surface area contributed by atoms with Gasteiger partial charge < -0.3 is 10.4 Å². The Bertz CT molecular complexity index is 333. The van der Waals surface area contributed by atoms with Crippen LogP contribution in [0.2, 0.25) is 5.15 Å². The van der Waals surface area contributed by atoms with Crippen molar-refractivity contribution < 1.29 is 5.11 Å². The molecule has 13 heavy (non-hydrogen) atoms. The molecule has 1 aromatic heterocycles. The summed E-state index contributed by atoms with van der Waals surface area (Å²) in [5.74, 6) is 0. The minimum absolute atomic E-state index is 0.000385. The molecule has 1 aromatic rings. The lowest BCUT2D eigenvalue weighted by Gasteiger charge is -2.09. The van der Waals surface area contributed by atoms with Gasteiger partial charge in [-0.3, -0.25) is 0 Å². The number of nitrogens with one attached hydrogen (secondary N) is 1.